The zero-order valence-electron chi connectivity index (χ0n) is 13.6. The van der Waals surface area contributed by atoms with Crippen LogP contribution in [0.4, 0.5) is 0 Å². The molecule has 0 heterocycles. The summed E-state index contributed by atoms with van der Waals surface area (Å²) in [6, 6.07) is 5.71. The summed E-state index contributed by atoms with van der Waals surface area (Å²) < 4.78 is 10.7. The molecule has 0 N–H and O–H groups in total. The van der Waals surface area contributed by atoms with Crippen molar-refractivity contribution in [3.63, 3.8) is 0 Å². The van der Waals surface area contributed by atoms with E-state index in [4.69, 9.17) is 9.47 Å². The molecular formula is C17H24ClNO3. The van der Waals surface area contributed by atoms with Gasteiger partial charge in [-0.25, -0.2) is 0 Å². The SMILES string of the molecule is COc1cccc(C=C2CCC(CN(C)C)C2=O)c1OC.Cl. The third kappa shape index (κ3) is 4.02. The van der Waals surface area contributed by atoms with E-state index < -0.39 is 0 Å². The van der Waals surface area contributed by atoms with E-state index in [2.05, 4.69) is 4.90 Å². The molecule has 0 bridgehead atoms. The highest BCUT2D eigenvalue weighted by molar-refractivity contribution is 6.03. The lowest BCUT2D eigenvalue weighted by Gasteiger charge is -2.14. The fraction of sp³-hybridized carbons (Fsp3) is 0.471. The van der Waals surface area contributed by atoms with Gasteiger partial charge in [0.15, 0.2) is 17.3 Å². The molecule has 0 spiro atoms. The molecule has 1 aromatic carbocycles. The lowest BCUT2D eigenvalue weighted by Crippen LogP contribution is -2.24. The summed E-state index contributed by atoms with van der Waals surface area (Å²) in [6.45, 7) is 0.811. The molecule has 1 aromatic rings. The Bertz CT molecular complexity index is 555. The van der Waals surface area contributed by atoms with Crippen molar-refractivity contribution < 1.29 is 14.3 Å². The summed E-state index contributed by atoms with van der Waals surface area (Å²) in [4.78, 5) is 14.5. The van der Waals surface area contributed by atoms with Crippen molar-refractivity contribution in [2.45, 2.75) is 12.8 Å². The van der Waals surface area contributed by atoms with Crippen molar-refractivity contribution in [3.05, 3.63) is 29.3 Å². The number of ketones is 1. The van der Waals surface area contributed by atoms with E-state index in [1.165, 1.54) is 0 Å². The van der Waals surface area contributed by atoms with Crippen molar-refractivity contribution in [1.29, 1.82) is 0 Å². The van der Waals surface area contributed by atoms with Gasteiger partial charge in [-0.3, -0.25) is 4.79 Å². The van der Waals surface area contributed by atoms with E-state index in [1.807, 2.05) is 38.4 Å². The molecule has 4 nitrogen and oxygen atoms in total. The van der Waals surface area contributed by atoms with Gasteiger partial charge in [0.1, 0.15) is 0 Å². The fourth-order valence-corrected chi connectivity index (χ4v) is 2.82. The van der Waals surface area contributed by atoms with Gasteiger partial charge in [-0.15, -0.1) is 12.4 Å². The summed E-state index contributed by atoms with van der Waals surface area (Å²) in [5.74, 6) is 1.73. The normalized spacial score (nSPS) is 19.4. The lowest BCUT2D eigenvalue weighted by molar-refractivity contribution is -0.118. The third-order valence-corrected chi connectivity index (χ3v) is 3.80. The molecule has 2 rings (SSSR count). The minimum absolute atomic E-state index is 0. The van der Waals surface area contributed by atoms with E-state index >= 15 is 0 Å². The smallest absolute Gasteiger partial charge is 0.167 e. The average Bonchev–Trinajstić information content (AvgIpc) is 2.79. The number of Topliss-reactive ketones (excluding diaryl/α,β-unsaturated/α-hetero) is 1. The van der Waals surface area contributed by atoms with Crippen LogP contribution < -0.4 is 9.47 Å². The monoisotopic (exact) mass is 325 g/mol. The van der Waals surface area contributed by atoms with Crippen LogP contribution >= 0.6 is 12.4 Å². The van der Waals surface area contributed by atoms with Crippen molar-refractivity contribution in [2.75, 3.05) is 34.9 Å². The molecular weight excluding hydrogens is 302 g/mol. The molecule has 5 heteroatoms. The highest BCUT2D eigenvalue weighted by Gasteiger charge is 2.29. The first-order chi connectivity index (χ1) is 10.1. The Morgan fingerprint density at radius 2 is 2.00 bits per heavy atom. The standard InChI is InChI=1S/C17H23NO3.ClH/c1-18(2)11-14-9-8-12(16(14)19)10-13-6-5-7-15(20-3)17(13)21-4;/h5-7,10,14H,8-9,11H2,1-4H3;1H. The summed E-state index contributed by atoms with van der Waals surface area (Å²) >= 11 is 0. The predicted octanol–water partition coefficient (Wildman–Crippen LogP) is 3.05. The van der Waals surface area contributed by atoms with Gasteiger partial charge in [0.25, 0.3) is 0 Å². The van der Waals surface area contributed by atoms with E-state index in [0.29, 0.717) is 11.5 Å². The molecule has 122 valence electrons. The van der Waals surface area contributed by atoms with Crippen LogP contribution in [0.1, 0.15) is 18.4 Å². The first-order valence-corrected chi connectivity index (χ1v) is 7.17. The van der Waals surface area contributed by atoms with E-state index in [0.717, 1.165) is 30.5 Å². The van der Waals surface area contributed by atoms with Gasteiger partial charge in [0.05, 0.1) is 14.2 Å². The number of nitrogens with zero attached hydrogens (tertiary/aromatic N) is 1. The number of hydrogen-bond acceptors (Lipinski definition) is 4. The lowest BCUT2D eigenvalue weighted by atomic mass is 10.0. The molecule has 0 amide bonds. The summed E-state index contributed by atoms with van der Waals surface area (Å²) in [5, 5.41) is 0. The minimum atomic E-state index is 0. The molecule has 1 aliphatic carbocycles. The number of carbonyl (C=O) groups is 1. The van der Waals surface area contributed by atoms with Crippen LogP contribution in [-0.2, 0) is 4.79 Å². The van der Waals surface area contributed by atoms with Crippen LogP contribution in [-0.4, -0.2) is 45.5 Å². The Morgan fingerprint density at radius 1 is 1.27 bits per heavy atom. The van der Waals surface area contributed by atoms with Crippen LogP contribution in [0.5, 0.6) is 11.5 Å². The number of methoxy groups -OCH3 is 2. The first kappa shape index (κ1) is 18.5. The fourth-order valence-electron chi connectivity index (χ4n) is 2.82. The van der Waals surface area contributed by atoms with Crippen molar-refractivity contribution in [2.24, 2.45) is 5.92 Å². The minimum Gasteiger partial charge on any atom is -0.493 e. The second kappa shape index (κ2) is 8.20. The zero-order valence-corrected chi connectivity index (χ0v) is 14.4. The van der Waals surface area contributed by atoms with Crippen LogP contribution in [0.3, 0.4) is 0 Å². The van der Waals surface area contributed by atoms with Gasteiger partial charge >= 0.3 is 0 Å². The molecule has 1 atom stereocenters. The quantitative estimate of drug-likeness (QED) is 0.780. The number of halogens is 1. The van der Waals surface area contributed by atoms with Gasteiger partial charge in [-0.05, 0) is 44.7 Å². The topological polar surface area (TPSA) is 38.8 Å². The second-order valence-electron chi connectivity index (χ2n) is 5.61. The number of ether oxygens (including phenoxy) is 2. The average molecular weight is 326 g/mol. The Hall–Kier alpha value is -1.52. The molecule has 1 fully saturated rings. The highest BCUT2D eigenvalue weighted by Crippen LogP contribution is 2.35. The number of para-hydroxylation sites is 1. The van der Waals surface area contributed by atoms with E-state index in [1.54, 1.807) is 14.2 Å². The number of allylic oxidation sites excluding steroid dienone is 1. The third-order valence-electron chi connectivity index (χ3n) is 3.80. The second-order valence-corrected chi connectivity index (χ2v) is 5.61. The number of benzene rings is 1. The number of carbonyl (C=O) groups excluding carboxylic acids is 1. The Morgan fingerprint density at radius 3 is 2.59 bits per heavy atom. The van der Waals surface area contributed by atoms with Crippen molar-refractivity contribution in [1.82, 2.24) is 4.90 Å². The highest BCUT2D eigenvalue weighted by atomic mass is 35.5. The van der Waals surface area contributed by atoms with Crippen LogP contribution in [0.2, 0.25) is 0 Å². The van der Waals surface area contributed by atoms with E-state index in [-0.39, 0.29) is 24.1 Å². The molecule has 22 heavy (non-hydrogen) atoms. The summed E-state index contributed by atoms with van der Waals surface area (Å²) in [5.41, 5.74) is 1.78. The Balaban J connectivity index is 0.00000242. The van der Waals surface area contributed by atoms with Crippen molar-refractivity contribution in [3.8, 4) is 11.5 Å². The maximum atomic E-state index is 12.4. The van der Waals surface area contributed by atoms with Crippen LogP contribution in [0, 0.1) is 5.92 Å². The zero-order chi connectivity index (χ0) is 15.4. The number of rotatable bonds is 5. The van der Waals surface area contributed by atoms with Gasteiger partial charge in [-0.1, -0.05) is 12.1 Å². The van der Waals surface area contributed by atoms with Gasteiger partial charge in [0, 0.05) is 18.0 Å². The molecule has 1 saturated carbocycles. The maximum absolute atomic E-state index is 12.4. The Labute approximate surface area is 138 Å². The maximum Gasteiger partial charge on any atom is 0.167 e. The first-order valence-electron chi connectivity index (χ1n) is 7.17. The summed E-state index contributed by atoms with van der Waals surface area (Å²) in [6.07, 6.45) is 3.70. The van der Waals surface area contributed by atoms with Gasteiger partial charge in [-0.2, -0.15) is 0 Å². The molecule has 1 unspecified atom stereocenters. The summed E-state index contributed by atoms with van der Waals surface area (Å²) in [7, 11) is 7.23. The Kier molecular flexibility index (Phi) is 6.91. The van der Waals surface area contributed by atoms with Crippen LogP contribution in [0.15, 0.2) is 23.8 Å². The van der Waals surface area contributed by atoms with E-state index in [9.17, 15) is 4.79 Å². The predicted molar refractivity (Wildman–Crippen MR) is 91.1 cm³/mol. The largest absolute Gasteiger partial charge is 0.493 e. The van der Waals surface area contributed by atoms with Gasteiger partial charge < -0.3 is 14.4 Å². The van der Waals surface area contributed by atoms with Crippen molar-refractivity contribution >= 4 is 24.3 Å². The van der Waals surface area contributed by atoms with Crippen LogP contribution in [0.25, 0.3) is 6.08 Å². The molecule has 0 radical (unpaired) electrons. The molecule has 0 saturated heterocycles. The number of hydrogen-bond donors (Lipinski definition) is 0. The molecule has 1 aliphatic rings. The molecule has 0 aromatic heterocycles. The molecule has 0 aliphatic heterocycles. The van der Waals surface area contributed by atoms with Gasteiger partial charge in [0.2, 0.25) is 0 Å².